The summed E-state index contributed by atoms with van der Waals surface area (Å²) in [6.07, 6.45) is 4.73. The number of fused-ring (bicyclic) bond motifs is 1. The Labute approximate surface area is 264 Å². The molecule has 1 fully saturated rings. The van der Waals surface area contributed by atoms with Gasteiger partial charge in [-0.2, -0.15) is 9.61 Å². The fourth-order valence-electron chi connectivity index (χ4n) is 5.37. The Morgan fingerprint density at radius 1 is 1.28 bits per heavy atom. The molecule has 11 heteroatoms. The van der Waals surface area contributed by atoms with Crippen molar-refractivity contribution >= 4 is 44.7 Å². The van der Waals surface area contributed by atoms with Crippen LogP contribution < -0.4 is 4.90 Å². The van der Waals surface area contributed by atoms with Gasteiger partial charge in [-0.25, -0.2) is 14.8 Å². The van der Waals surface area contributed by atoms with Crippen molar-refractivity contribution in [2.75, 3.05) is 24.6 Å². The summed E-state index contributed by atoms with van der Waals surface area (Å²) in [5.41, 5.74) is 2.63. The second kappa shape index (κ2) is 12.5. The number of hydrogen-bond acceptors (Lipinski definition) is 8. The van der Waals surface area contributed by atoms with E-state index < -0.39 is 17.7 Å². The molecular weight excluding hydrogens is 630 g/mol. The Morgan fingerprint density at radius 2 is 2.02 bits per heavy atom. The first-order valence-corrected chi connectivity index (χ1v) is 16.0. The zero-order valence-corrected chi connectivity index (χ0v) is 27.7. The van der Waals surface area contributed by atoms with Gasteiger partial charge >= 0.3 is 5.97 Å². The van der Waals surface area contributed by atoms with Gasteiger partial charge in [-0.05, 0) is 65.2 Å². The van der Waals surface area contributed by atoms with Crippen LogP contribution in [0, 0.1) is 6.92 Å². The molecule has 0 saturated carbocycles. The summed E-state index contributed by atoms with van der Waals surface area (Å²) < 4.78 is 15.1. The Kier molecular flexibility index (Phi) is 9.08. The number of rotatable bonds is 10. The molecule has 1 aliphatic heterocycles. The number of hydrogen-bond donors (Lipinski definition) is 1. The number of aryl methyl sites for hydroxylation is 1. The van der Waals surface area contributed by atoms with E-state index in [1.165, 1.54) is 5.56 Å². The van der Waals surface area contributed by atoms with Crippen molar-refractivity contribution in [2.45, 2.75) is 71.2 Å². The van der Waals surface area contributed by atoms with Gasteiger partial charge in [0.1, 0.15) is 16.5 Å². The Balaban J connectivity index is 1.57. The minimum Gasteiger partial charge on any atom is -0.479 e. The monoisotopic (exact) mass is 667 g/mol. The van der Waals surface area contributed by atoms with Crippen LogP contribution in [-0.4, -0.2) is 61.6 Å². The van der Waals surface area contributed by atoms with Crippen molar-refractivity contribution in [1.82, 2.24) is 19.6 Å². The predicted octanol–water partition coefficient (Wildman–Crippen LogP) is 7.02. The zero-order valence-electron chi connectivity index (χ0n) is 25.3. The van der Waals surface area contributed by atoms with Gasteiger partial charge in [-0.1, -0.05) is 34.1 Å². The lowest BCUT2D eigenvalue weighted by Crippen LogP contribution is -2.45. The second-order valence-corrected chi connectivity index (χ2v) is 14.2. The molecule has 0 aliphatic carbocycles. The van der Waals surface area contributed by atoms with Gasteiger partial charge in [-0.3, -0.25) is 0 Å². The highest BCUT2D eigenvalue weighted by Gasteiger charge is 2.37. The normalized spacial score (nSPS) is 16.0. The average Bonchev–Trinajstić information content (AvgIpc) is 3.57. The Morgan fingerprint density at radius 3 is 2.67 bits per heavy atom. The number of aromatic nitrogens is 4. The number of aliphatic carboxylic acids is 1. The van der Waals surface area contributed by atoms with Crippen molar-refractivity contribution in [3.8, 4) is 10.7 Å². The fraction of sp³-hybridized carbons (Fsp3) is 0.438. The summed E-state index contributed by atoms with van der Waals surface area (Å²) >= 11 is 5.14. The van der Waals surface area contributed by atoms with Gasteiger partial charge < -0.3 is 19.5 Å². The quantitative estimate of drug-likeness (QED) is 0.180. The lowest BCUT2D eigenvalue weighted by atomic mass is 9.92. The smallest absolute Gasteiger partial charge is 0.337 e. The van der Waals surface area contributed by atoms with Gasteiger partial charge in [0.2, 0.25) is 0 Å². The van der Waals surface area contributed by atoms with Crippen LogP contribution in [0.5, 0.6) is 0 Å². The van der Waals surface area contributed by atoms with Crippen LogP contribution in [0.3, 0.4) is 0 Å². The number of carbonyl (C=O) groups is 1. The molecule has 5 rings (SSSR count). The van der Waals surface area contributed by atoms with E-state index >= 15 is 0 Å². The number of ether oxygens (including phenoxy) is 2. The summed E-state index contributed by atoms with van der Waals surface area (Å²) in [6, 6.07) is 10.2. The Hall–Kier alpha value is -3.12. The minimum absolute atomic E-state index is 0.291. The molecule has 3 aromatic heterocycles. The predicted molar refractivity (Wildman–Crippen MR) is 173 cm³/mol. The molecule has 1 atom stereocenters. The van der Waals surface area contributed by atoms with Gasteiger partial charge in [0.25, 0.3) is 0 Å². The van der Waals surface area contributed by atoms with E-state index in [-0.39, 0.29) is 5.60 Å². The van der Waals surface area contributed by atoms with Crippen molar-refractivity contribution in [3.05, 3.63) is 75.4 Å². The molecule has 0 radical (unpaired) electrons. The standard InChI is InChI=1S/C32H38BrN5O4S/c1-7-15-41-32(6)11-13-37(14-12-32)29-26(27(30(39)40)42-31(3,4)5)20(2)35-25-18-24(36-38(25)29)28-34-19-23(43-28)17-21-9-8-10-22(33)16-21/h7-10,16,18-19,27H,1,11-15,17H2,2-6H3,(H,39,40). The van der Waals surface area contributed by atoms with Gasteiger partial charge in [0, 0.05) is 46.8 Å². The number of piperidine rings is 1. The SMILES string of the molecule is C=CCOC1(C)CCN(c2c(C(OC(C)(C)C)C(=O)O)c(C)nc3cc(-c4ncc(Cc5cccc(Br)c5)s4)nn23)CC1. The van der Waals surface area contributed by atoms with Crippen LogP contribution in [-0.2, 0) is 20.7 Å². The molecular formula is C32H38BrN5O4S. The van der Waals surface area contributed by atoms with Crippen molar-refractivity contribution in [1.29, 1.82) is 0 Å². The summed E-state index contributed by atoms with van der Waals surface area (Å²) in [4.78, 5) is 25.5. The molecule has 9 nitrogen and oxygen atoms in total. The fourth-order valence-corrected chi connectivity index (χ4v) is 6.72. The van der Waals surface area contributed by atoms with Crippen molar-refractivity contribution in [3.63, 3.8) is 0 Å². The molecule has 0 bridgehead atoms. The highest BCUT2D eigenvalue weighted by atomic mass is 79.9. The van der Waals surface area contributed by atoms with E-state index in [0.717, 1.165) is 33.6 Å². The summed E-state index contributed by atoms with van der Waals surface area (Å²) in [5.74, 6) is -0.386. The molecule has 4 aromatic rings. The molecule has 1 saturated heterocycles. The first-order valence-electron chi connectivity index (χ1n) is 14.4. The lowest BCUT2D eigenvalue weighted by Gasteiger charge is -2.41. The average molecular weight is 669 g/mol. The molecule has 1 N–H and O–H groups in total. The number of carboxylic acids is 1. The maximum absolute atomic E-state index is 12.7. The van der Waals surface area contributed by atoms with Gasteiger partial charge in [0.15, 0.2) is 11.8 Å². The zero-order chi connectivity index (χ0) is 30.9. The van der Waals surface area contributed by atoms with Crippen LogP contribution in [0.25, 0.3) is 16.3 Å². The number of anilines is 1. The van der Waals surface area contributed by atoms with Gasteiger partial charge in [0.05, 0.1) is 23.4 Å². The first kappa shape index (κ1) is 31.3. The summed E-state index contributed by atoms with van der Waals surface area (Å²) in [7, 11) is 0. The summed E-state index contributed by atoms with van der Waals surface area (Å²) in [6.45, 7) is 15.1. The number of nitrogens with zero attached hydrogens (tertiary/aromatic N) is 5. The molecule has 43 heavy (non-hydrogen) atoms. The van der Waals surface area contributed by atoms with Crippen LogP contribution in [0.1, 0.15) is 68.3 Å². The molecule has 1 aromatic carbocycles. The number of thiazole rings is 1. The highest BCUT2D eigenvalue weighted by Crippen LogP contribution is 2.38. The number of carboxylic acid groups (broad SMARTS) is 1. The van der Waals surface area contributed by atoms with E-state index in [4.69, 9.17) is 24.5 Å². The maximum atomic E-state index is 12.7. The van der Waals surface area contributed by atoms with E-state index in [1.807, 2.05) is 52.1 Å². The van der Waals surface area contributed by atoms with E-state index in [1.54, 1.807) is 21.9 Å². The van der Waals surface area contributed by atoms with Crippen LogP contribution in [0.15, 0.2) is 53.7 Å². The van der Waals surface area contributed by atoms with Crippen LogP contribution >= 0.6 is 27.3 Å². The topological polar surface area (TPSA) is 102 Å². The third-order valence-corrected chi connectivity index (χ3v) is 8.99. The molecule has 1 aliphatic rings. The van der Waals surface area contributed by atoms with Crippen LogP contribution in [0.2, 0.25) is 0 Å². The summed E-state index contributed by atoms with van der Waals surface area (Å²) in [5, 5.41) is 16.1. The highest BCUT2D eigenvalue weighted by molar-refractivity contribution is 9.10. The van der Waals surface area contributed by atoms with E-state index in [0.29, 0.717) is 48.1 Å². The molecule has 0 amide bonds. The third-order valence-electron chi connectivity index (χ3n) is 7.47. The number of halogens is 1. The lowest BCUT2D eigenvalue weighted by molar-refractivity contribution is -0.160. The van der Waals surface area contributed by atoms with E-state index in [9.17, 15) is 9.90 Å². The largest absolute Gasteiger partial charge is 0.479 e. The van der Waals surface area contributed by atoms with Crippen molar-refractivity contribution in [2.24, 2.45) is 0 Å². The second-order valence-electron chi connectivity index (χ2n) is 12.2. The molecule has 4 heterocycles. The third kappa shape index (κ3) is 7.17. The molecule has 1 unspecified atom stereocenters. The number of benzene rings is 1. The van der Waals surface area contributed by atoms with Crippen molar-refractivity contribution < 1.29 is 19.4 Å². The molecule has 0 spiro atoms. The molecule has 228 valence electrons. The van der Waals surface area contributed by atoms with Crippen LogP contribution in [0.4, 0.5) is 5.82 Å². The maximum Gasteiger partial charge on any atom is 0.337 e. The van der Waals surface area contributed by atoms with E-state index in [2.05, 4.69) is 46.5 Å². The van der Waals surface area contributed by atoms with Gasteiger partial charge in [-0.15, -0.1) is 17.9 Å². The first-order chi connectivity index (χ1) is 20.4. The minimum atomic E-state index is -1.22. The Bertz CT molecular complexity index is 1630.